The van der Waals surface area contributed by atoms with Crippen LogP contribution in [0.5, 0.6) is 0 Å². The summed E-state index contributed by atoms with van der Waals surface area (Å²) in [5.74, 6) is 0. The molecule has 0 heterocycles. The van der Waals surface area contributed by atoms with Crippen molar-refractivity contribution in [1.29, 1.82) is 0 Å². The van der Waals surface area contributed by atoms with Crippen molar-refractivity contribution < 1.29 is 17.9 Å². The summed E-state index contributed by atoms with van der Waals surface area (Å²) in [4.78, 5) is 0. The summed E-state index contributed by atoms with van der Waals surface area (Å²) in [5, 5.41) is 0. The first-order chi connectivity index (χ1) is 23.9. The number of fused-ring (bicyclic) bond motifs is 2. The standard InChI is InChI=1S/2C23H27.2ClH.Zr/c2*1-3-5-6-7-9-19-12-14-20(15-13-19)22-11-8-10-21-16-18(4-2)17-23(21)22;;;/h2*8,10-17H,3-7,9H2,1-2H3;2*1H;/q;;;;+2/p-2. The van der Waals surface area contributed by atoms with Crippen LogP contribution in [0.1, 0.15) is 133 Å². The van der Waals surface area contributed by atoms with E-state index in [0.717, 1.165) is 25.7 Å². The molecule has 2 unspecified atom stereocenters. The average Bonchev–Trinajstić information content (AvgIpc) is 3.72. The van der Waals surface area contributed by atoms with Crippen molar-refractivity contribution in [2.45, 2.75) is 112 Å². The summed E-state index contributed by atoms with van der Waals surface area (Å²) >= 11 is -4.02. The molecule has 2 aliphatic carbocycles. The number of rotatable bonds is 16. The molecule has 3 heteroatoms. The fourth-order valence-corrected chi connectivity index (χ4v) is 22.4. The minimum atomic E-state index is -4.02. The topological polar surface area (TPSA) is 0 Å². The van der Waals surface area contributed by atoms with Gasteiger partial charge < -0.3 is 0 Å². The van der Waals surface area contributed by atoms with Crippen LogP contribution in [0.3, 0.4) is 0 Å². The Morgan fingerprint density at radius 1 is 0.490 bits per heavy atom. The Kier molecular flexibility index (Phi) is 12.6. The van der Waals surface area contributed by atoms with Crippen LogP contribution in [0.25, 0.3) is 34.4 Å². The van der Waals surface area contributed by atoms with Crippen molar-refractivity contribution in [1.82, 2.24) is 0 Å². The fourth-order valence-electron chi connectivity index (χ4n) is 8.33. The van der Waals surface area contributed by atoms with E-state index < -0.39 is 17.9 Å². The van der Waals surface area contributed by atoms with Crippen LogP contribution in [-0.2, 0) is 30.7 Å². The van der Waals surface area contributed by atoms with E-state index in [2.05, 4.69) is 125 Å². The van der Waals surface area contributed by atoms with E-state index in [9.17, 15) is 0 Å². The van der Waals surface area contributed by atoms with Gasteiger partial charge in [0.05, 0.1) is 0 Å². The molecule has 0 amide bonds. The van der Waals surface area contributed by atoms with Crippen LogP contribution in [0.15, 0.2) is 96.1 Å². The molecule has 49 heavy (non-hydrogen) atoms. The van der Waals surface area contributed by atoms with Crippen molar-refractivity contribution in [3.63, 3.8) is 0 Å². The Morgan fingerprint density at radius 2 is 0.898 bits per heavy atom. The molecule has 0 spiro atoms. The first kappa shape index (κ1) is 36.6. The molecule has 0 N–H and O–H groups in total. The van der Waals surface area contributed by atoms with E-state index in [4.69, 9.17) is 17.0 Å². The number of aryl methyl sites for hydroxylation is 2. The first-order valence-corrected chi connectivity index (χ1v) is 28.3. The second-order valence-electron chi connectivity index (χ2n) is 14.3. The Bertz CT molecular complexity index is 1650. The van der Waals surface area contributed by atoms with Gasteiger partial charge in [0, 0.05) is 0 Å². The molecule has 0 aliphatic heterocycles. The molecule has 0 nitrogen and oxygen atoms in total. The van der Waals surface area contributed by atoms with Crippen LogP contribution in [0.2, 0.25) is 0 Å². The van der Waals surface area contributed by atoms with E-state index in [1.54, 1.807) is 0 Å². The van der Waals surface area contributed by atoms with Gasteiger partial charge in [0.25, 0.3) is 0 Å². The Balaban J connectivity index is 1.30. The van der Waals surface area contributed by atoms with Gasteiger partial charge in [0.2, 0.25) is 0 Å². The molecular weight excluding hydrogens is 715 g/mol. The number of benzene rings is 4. The number of unbranched alkanes of at least 4 members (excludes halogenated alkanes) is 6. The van der Waals surface area contributed by atoms with Gasteiger partial charge in [0.1, 0.15) is 0 Å². The zero-order valence-corrected chi connectivity index (χ0v) is 34.1. The van der Waals surface area contributed by atoms with Crippen molar-refractivity contribution >= 4 is 29.2 Å². The van der Waals surface area contributed by atoms with Crippen molar-refractivity contribution in [2.24, 2.45) is 0 Å². The molecule has 256 valence electrons. The molecule has 0 saturated carbocycles. The average molecular weight is 769 g/mol. The van der Waals surface area contributed by atoms with Gasteiger partial charge >= 0.3 is 284 Å². The quantitative estimate of drug-likeness (QED) is 0.0996. The van der Waals surface area contributed by atoms with Crippen LogP contribution in [0, 0.1) is 0 Å². The Labute approximate surface area is 308 Å². The maximum absolute atomic E-state index is 8.03. The maximum atomic E-state index is 8.03. The van der Waals surface area contributed by atoms with Gasteiger partial charge in [-0.1, -0.05) is 26.7 Å². The summed E-state index contributed by atoms with van der Waals surface area (Å²) in [6.45, 7) is 9.10. The van der Waals surface area contributed by atoms with E-state index in [1.807, 2.05) is 0 Å². The summed E-state index contributed by atoms with van der Waals surface area (Å²) in [5.41, 5.74) is 16.2. The van der Waals surface area contributed by atoms with Crippen LogP contribution in [0.4, 0.5) is 0 Å². The molecule has 4 aromatic rings. The summed E-state index contributed by atoms with van der Waals surface area (Å²) in [7, 11) is 16.1. The predicted octanol–water partition coefficient (Wildman–Crippen LogP) is 15.1. The van der Waals surface area contributed by atoms with Crippen LogP contribution in [-0.4, -0.2) is 0 Å². The molecule has 0 aromatic heterocycles. The van der Waals surface area contributed by atoms with Gasteiger partial charge in [-0.05, 0) is 0 Å². The monoisotopic (exact) mass is 766 g/mol. The van der Waals surface area contributed by atoms with E-state index in [-0.39, 0.29) is 7.25 Å². The molecule has 0 saturated heterocycles. The zero-order chi connectivity index (χ0) is 34.4. The van der Waals surface area contributed by atoms with Gasteiger partial charge in [-0.25, -0.2) is 0 Å². The van der Waals surface area contributed by atoms with Gasteiger partial charge in [-0.2, -0.15) is 0 Å². The number of halogens is 2. The van der Waals surface area contributed by atoms with Gasteiger partial charge in [-0.3, -0.25) is 0 Å². The predicted molar refractivity (Wildman–Crippen MR) is 213 cm³/mol. The molecule has 2 aliphatic rings. The first-order valence-electron chi connectivity index (χ1n) is 19.1. The zero-order valence-electron chi connectivity index (χ0n) is 30.1. The molecule has 6 rings (SSSR count). The normalized spacial score (nSPS) is 16.8. The van der Waals surface area contributed by atoms with Gasteiger partial charge in [0.15, 0.2) is 0 Å². The van der Waals surface area contributed by atoms with Crippen molar-refractivity contribution in [3.8, 4) is 22.3 Å². The summed E-state index contributed by atoms with van der Waals surface area (Å²) < 4.78 is 0.244. The van der Waals surface area contributed by atoms with Crippen molar-refractivity contribution in [2.75, 3.05) is 0 Å². The fraction of sp³-hybridized carbons (Fsp3) is 0.391. The SMILES string of the molecule is CCCCCCc1ccc(-c2cccc3c2C=C(CC)[CH]3[Zr]([Cl])([Cl])[CH]2C(CC)=Cc3c(-c4ccc(CCCCCC)cc4)cccc32)cc1. The third kappa shape index (κ3) is 7.86. The third-order valence-corrected chi connectivity index (χ3v) is 23.4. The molecule has 0 bridgehead atoms. The minimum absolute atomic E-state index is 0.122. The number of hydrogen-bond donors (Lipinski definition) is 0. The molecule has 0 radical (unpaired) electrons. The van der Waals surface area contributed by atoms with E-state index in [0.29, 0.717) is 0 Å². The van der Waals surface area contributed by atoms with E-state index >= 15 is 0 Å². The summed E-state index contributed by atoms with van der Waals surface area (Å²) in [6.07, 6.45) is 19.5. The Morgan fingerprint density at radius 3 is 1.27 bits per heavy atom. The van der Waals surface area contributed by atoms with Crippen LogP contribution >= 0.6 is 17.0 Å². The van der Waals surface area contributed by atoms with E-state index in [1.165, 1.54) is 118 Å². The van der Waals surface area contributed by atoms with Crippen molar-refractivity contribution in [3.05, 3.63) is 129 Å². The molecule has 0 fully saturated rings. The second-order valence-corrected chi connectivity index (χ2v) is 29.0. The van der Waals surface area contributed by atoms with Gasteiger partial charge in [-0.15, -0.1) is 0 Å². The number of allylic oxidation sites excluding steroid dienone is 2. The second kappa shape index (κ2) is 16.9. The molecular formula is C46H54Cl2Zr. The summed E-state index contributed by atoms with van der Waals surface area (Å²) in [6, 6.07) is 32.3. The Hall–Kier alpha value is -2.18. The third-order valence-electron chi connectivity index (χ3n) is 11.1. The molecule has 4 aromatic carbocycles. The number of hydrogen-bond acceptors (Lipinski definition) is 0. The molecule has 2 atom stereocenters. The van der Waals surface area contributed by atoms with Crippen LogP contribution < -0.4 is 0 Å².